The number of amides is 6. The Morgan fingerprint density at radius 2 is 1.62 bits per heavy atom. The van der Waals surface area contributed by atoms with Crippen LogP contribution < -0.4 is 27.0 Å². The Labute approximate surface area is 436 Å². The van der Waals surface area contributed by atoms with Gasteiger partial charge in [-0.1, -0.05) is 71.4 Å². The lowest BCUT2D eigenvalue weighted by Crippen LogP contribution is -2.61. The zero-order chi connectivity index (χ0) is 54.8. The number of piperidine rings is 1. The lowest BCUT2D eigenvalue weighted by molar-refractivity contribution is -0.362. The number of nitrogens with two attached hydrogens (primary N) is 1. The highest BCUT2D eigenvalue weighted by Gasteiger charge is 2.52. The maximum Gasteiger partial charge on any atom is 0.737 e. The smallest absolute Gasteiger partial charge is 0.394 e. The molecule has 8 atom stereocenters. The maximum absolute atomic E-state index is 15.9. The first-order valence-electron chi connectivity index (χ1n) is 26.2. The average molecular weight is 1030 g/mol. The van der Waals surface area contributed by atoms with Crippen molar-refractivity contribution >= 4 is 54.2 Å². The van der Waals surface area contributed by atoms with Crippen molar-refractivity contribution < 1.29 is 51.4 Å². The minimum Gasteiger partial charge on any atom is -0.394 e. The van der Waals surface area contributed by atoms with Crippen LogP contribution >= 0.6 is 0 Å². The lowest BCUT2D eigenvalue weighted by atomic mass is 9.87. The van der Waals surface area contributed by atoms with Crippen LogP contribution in [-0.2, 0) is 44.7 Å². The number of carbonyl (C=O) groups excluding carboxylic acids is 6. The van der Waals surface area contributed by atoms with Crippen LogP contribution in [0.5, 0.6) is 0 Å². The molecule has 0 radical (unpaired) electrons. The second-order valence-electron chi connectivity index (χ2n) is 21.3. The van der Waals surface area contributed by atoms with E-state index in [1.54, 1.807) is 75.8 Å². The summed E-state index contributed by atoms with van der Waals surface area (Å²) in [4.78, 5) is 86.2. The Balaban J connectivity index is 1.22. The molecule has 1 aromatic heterocycles. The third-order valence-electron chi connectivity index (χ3n) is 15.0. The van der Waals surface area contributed by atoms with Crippen molar-refractivity contribution in [3.63, 3.8) is 0 Å². The van der Waals surface area contributed by atoms with Gasteiger partial charge in [0.2, 0.25) is 35.4 Å². The van der Waals surface area contributed by atoms with Crippen LogP contribution in [0.4, 0.5) is 8.63 Å². The van der Waals surface area contributed by atoms with E-state index in [4.69, 9.17) is 15.2 Å². The van der Waals surface area contributed by atoms with Gasteiger partial charge in [0, 0.05) is 84.1 Å². The summed E-state index contributed by atoms with van der Waals surface area (Å²) in [5, 5.41) is 11.4. The first kappa shape index (κ1) is 59.2. The maximum atomic E-state index is 15.9. The Hall–Kier alpha value is -5.73. The van der Waals surface area contributed by atoms with Crippen LogP contribution in [-0.4, -0.2) is 150 Å². The molecule has 0 bridgehead atoms. The van der Waals surface area contributed by atoms with E-state index in [0.29, 0.717) is 42.2 Å². The van der Waals surface area contributed by atoms with E-state index >= 15 is 8.63 Å². The molecule has 0 aliphatic carbocycles. The van der Waals surface area contributed by atoms with Crippen molar-refractivity contribution in [2.75, 3.05) is 40.9 Å². The average Bonchev–Trinajstić information content (AvgIpc) is 3.92. The number of likely N-dealkylation sites (N-methyl/N-ethyl adjacent to an activating group) is 1. The number of nitrogens with zero attached hydrogens (tertiary/aromatic N) is 4. The Morgan fingerprint density at radius 1 is 0.946 bits per heavy atom. The van der Waals surface area contributed by atoms with E-state index < -0.39 is 72.5 Å². The van der Waals surface area contributed by atoms with Gasteiger partial charge in [-0.2, -0.15) is 0 Å². The van der Waals surface area contributed by atoms with Gasteiger partial charge >= 0.3 is 6.97 Å². The van der Waals surface area contributed by atoms with E-state index in [9.17, 15) is 28.8 Å². The molecule has 17 nitrogen and oxygen atoms in total. The van der Waals surface area contributed by atoms with Crippen molar-refractivity contribution in [2.24, 2.45) is 23.5 Å². The summed E-state index contributed by atoms with van der Waals surface area (Å²) in [5.74, 6) is -3.47. The third kappa shape index (κ3) is 14.0. The molecule has 1 fully saturated rings. The molecule has 20 heteroatoms. The first-order chi connectivity index (χ1) is 34.9. The van der Waals surface area contributed by atoms with Crippen molar-refractivity contribution in [3.05, 3.63) is 76.8 Å². The SMILES string of the molecule is CC[C@H](C)[C@@H]([C@@H](CC(=O)N1CCCC[C@H]1[C@H](OC)[C@@H](C)C(=O)N[C@@H](Cc1ccccc1)C(=O)NCCNC(=O)CCC1=[N+]2C(=Cc3c(C)cc(C)n3[B-]2(F)F)C=C1)OC)N(C)C(=O)[C@@H](NC(=O)C(C)(C)N)C(C)C. The van der Waals surface area contributed by atoms with Gasteiger partial charge in [-0.25, -0.2) is 0 Å². The predicted molar refractivity (Wildman–Crippen MR) is 283 cm³/mol. The van der Waals surface area contributed by atoms with Gasteiger partial charge in [-0.05, 0) is 81.7 Å². The number of likely N-dealkylation sites (tertiary alicyclic amines) is 1. The summed E-state index contributed by atoms with van der Waals surface area (Å²) in [7, 11) is 4.69. The van der Waals surface area contributed by atoms with Crippen molar-refractivity contribution in [3.8, 4) is 0 Å². The third-order valence-corrected chi connectivity index (χ3v) is 15.0. The zero-order valence-corrected chi connectivity index (χ0v) is 45.6. The number of allylic oxidation sites excluding steroid dienone is 2. The van der Waals surface area contributed by atoms with Crippen LogP contribution in [0.25, 0.3) is 6.08 Å². The van der Waals surface area contributed by atoms with Gasteiger partial charge in [0.05, 0.1) is 42.2 Å². The van der Waals surface area contributed by atoms with Crippen LogP contribution in [0.2, 0.25) is 0 Å². The molecule has 6 N–H and O–H groups in total. The van der Waals surface area contributed by atoms with Crippen molar-refractivity contribution in [1.29, 1.82) is 0 Å². The molecule has 74 heavy (non-hydrogen) atoms. The van der Waals surface area contributed by atoms with E-state index in [1.165, 1.54) is 14.2 Å². The molecule has 3 aliphatic rings. The number of nitrogens with one attached hydrogen (secondary N) is 4. The minimum absolute atomic E-state index is 0.0403. The number of aryl methyl sites for hydroxylation is 2. The second kappa shape index (κ2) is 25.7. The van der Waals surface area contributed by atoms with E-state index in [-0.39, 0.29) is 68.3 Å². The summed E-state index contributed by atoms with van der Waals surface area (Å²) < 4.78 is 46.0. The normalized spacial score (nSPS) is 19.0. The number of methoxy groups -OCH3 is 2. The van der Waals surface area contributed by atoms with Crippen molar-refractivity contribution in [2.45, 2.75) is 156 Å². The summed E-state index contributed by atoms with van der Waals surface area (Å²) in [6.07, 6.45) is 6.44. The molecule has 1 saturated heterocycles. The number of hydrogen-bond donors (Lipinski definition) is 5. The fourth-order valence-corrected chi connectivity index (χ4v) is 10.6. The molecule has 0 saturated carbocycles. The zero-order valence-electron chi connectivity index (χ0n) is 45.6. The monoisotopic (exact) mass is 1030 g/mol. The number of ether oxygens (including phenoxy) is 2. The van der Waals surface area contributed by atoms with E-state index in [1.807, 2.05) is 58.0 Å². The molecule has 0 unspecified atom stereocenters. The summed E-state index contributed by atoms with van der Waals surface area (Å²) in [6, 6.07) is 8.06. The van der Waals surface area contributed by atoms with Gasteiger partial charge in [0.1, 0.15) is 17.8 Å². The fraction of sp³-hybridized carbons (Fsp3) is 0.611. The summed E-state index contributed by atoms with van der Waals surface area (Å²) >= 11 is 0. The van der Waals surface area contributed by atoms with Gasteiger partial charge in [0.25, 0.3) is 0 Å². The summed E-state index contributed by atoms with van der Waals surface area (Å²) in [6.45, 7) is 12.4. The highest BCUT2D eigenvalue weighted by molar-refractivity contribution is 6.58. The molecule has 5 rings (SSSR count). The highest BCUT2D eigenvalue weighted by atomic mass is 19.2. The van der Waals surface area contributed by atoms with Crippen LogP contribution in [0.1, 0.15) is 116 Å². The van der Waals surface area contributed by atoms with E-state index in [2.05, 4.69) is 21.3 Å². The number of hydrogen-bond acceptors (Lipinski definition) is 9. The minimum atomic E-state index is -4.15. The number of rotatable bonds is 25. The molecular formula is C54H82BF2N9O8. The molecule has 4 heterocycles. The quantitative estimate of drug-likeness (QED) is 0.0693. The Kier molecular flexibility index (Phi) is 20.5. The summed E-state index contributed by atoms with van der Waals surface area (Å²) in [5.41, 5.74) is 8.10. The number of halogens is 2. The molecular weight excluding hydrogens is 951 g/mol. The van der Waals surface area contributed by atoms with Gasteiger partial charge in [0.15, 0.2) is 5.70 Å². The topological polar surface area (TPSA) is 209 Å². The van der Waals surface area contributed by atoms with Crippen LogP contribution in [0.3, 0.4) is 0 Å². The second-order valence-corrected chi connectivity index (χ2v) is 21.3. The number of fused-ring (bicyclic) bond motifs is 2. The number of carbonyl (C=O) groups is 6. The molecule has 0 spiro atoms. The molecule has 2 aromatic rings. The highest BCUT2D eigenvalue weighted by Crippen LogP contribution is 2.35. The fourth-order valence-electron chi connectivity index (χ4n) is 10.6. The number of aromatic nitrogens is 1. The Bertz CT molecular complexity index is 2440. The predicted octanol–water partition coefficient (Wildman–Crippen LogP) is 4.63. The van der Waals surface area contributed by atoms with Gasteiger partial charge < -0.3 is 63.9 Å². The van der Waals surface area contributed by atoms with Gasteiger partial charge in [-0.3, -0.25) is 28.8 Å². The van der Waals surface area contributed by atoms with Crippen LogP contribution in [0.15, 0.2) is 54.2 Å². The standard InChI is InChI=1S/C54H82BF2N9O8/c1-13-34(4)48(63(10)52(71)47(33(2)3)62-53(72)54(8,9)58)44(73-11)32-46(68)64-28-18-17-21-42(64)49(74-12)37(7)50(69)61-41(30-38-19-15-14-16-20-38)51(70)60-27-26-59-45(67)25-24-39-22-23-40-31-43-35(5)29-36(6)65(43)55(56,57)66(39)40/h14-16,19-20,22-23,29,31,33-34,37,41-42,44,47-49H,13,17-18,21,24-28,30,32,58H2,1-12H3,(H,59,67)(H,60,70)(H,61,69)(H,62,72)/t34-,37+,41-,42-,44+,47-,48-,49+/m0/s1. The molecule has 408 valence electrons. The molecule has 3 aliphatic heterocycles. The molecule has 1 aromatic carbocycles. The largest absolute Gasteiger partial charge is 0.737 e. The number of benzene rings is 1. The molecule has 6 amide bonds. The van der Waals surface area contributed by atoms with Crippen LogP contribution in [0, 0.1) is 31.6 Å². The van der Waals surface area contributed by atoms with Gasteiger partial charge in [-0.15, -0.1) is 0 Å². The van der Waals surface area contributed by atoms with Crippen molar-refractivity contribution in [1.82, 2.24) is 35.5 Å². The Morgan fingerprint density at radius 3 is 2.24 bits per heavy atom. The van der Waals surface area contributed by atoms with E-state index in [0.717, 1.165) is 32.9 Å². The lowest BCUT2D eigenvalue weighted by Gasteiger charge is -2.43. The first-order valence-corrected chi connectivity index (χ1v) is 26.2.